The molecule has 0 bridgehead atoms. The molecule has 3 nitrogen and oxygen atoms in total. The highest BCUT2D eigenvalue weighted by Crippen LogP contribution is 2.15. The van der Waals surface area contributed by atoms with Gasteiger partial charge in [-0.1, -0.05) is 25.5 Å². The largest absolute Gasteiger partial charge is 0.396 e. The van der Waals surface area contributed by atoms with E-state index in [9.17, 15) is 5.11 Å². The molecule has 1 N–H and O–H groups in total. The number of aliphatic hydroxyl groups excluding tert-OH is 1. The zero-order chi connectivity index (χ0) is 13.5. The summed E-state index contributed by atoms with van der Waals surface area (Å²) in [6, 6.07) is 0.525. The molecular weight excluding hydrogens is 224 g/mol. The van der Waals surface area contributed by atoms with Crippen molar-refractivity contribution in [1.29, 1.82) is 0 Å². The summed E-state index contributed by atoms with van der Waals surface area (Å²) in [6.07, 6.45) is 3.20. The van der Waals surface area contributed by atoms with Crippen molar-refractivity contribution in [2.24, 2.45) is 5.92 Å². The summed E-state index contributed by atoms with van der Waals surface area (Å²) < 4.78 is 0. The number of hydrogen-bond acceptors (Lipinski definition) is 3. The van der Waals surface area contributed by atoms with Crippen molar-refractivity contribution in [2.45, 2.75) is 40.2 Å². The molecule has 1 fully saturated rings. The van der Waals surface area contributed by atoms with Crippen LogP contribution in [0.5, 0.6) is 0 Å². The number of piperazine rings is 1. The minimum Gasteiger partial charge on any atom is -0.396 e. The first-order valence-electron chi connectivity index (χ1n) is 7.23. The fraction of sp³-hybridized carbons (Fsp3) is 0.867. The third kappa shape index (κ3) is 5.51. The zero-order valence-corrected chi connectivity index (χ0v) is 12.5. The number of allylic oxidation sites excluding steroid dienone is 1. The maximum absolute atomic E-state index is 9.22. The Labute approximate surface area is 112 Å². The topological polar surface area (TPSA) is 26.7 Å². The maximum Gasteiger partial charge on any atom is 0.0446 e. The lowest BCUT2D eigenvalue weighted by atomic mass is 10.1. The fourth-order valence-electron chi connectivity index (χ4n) is 2.57. The Balaban J connectivity index is 2.50. The van der Waals surface area contributed by atoms with E-state index in [1.165, 1.54) is 5.57 Å². The van der Waals surface area contributed by atoms with Gasteiger partial charge in [0, 0.05) is 45.4 Å². The molecule has 0 aromatic rings. The second kappa shape index (κ2) is 7.93. The molecule has 1 atom stereocenters. The quantitative estimate of drug-likeness (QED) is 0.734. The first kappa shape index (κ1) is 15.7. The molecule has 0 amide bonds. The smallest absolute Gasteiger partial charge is 0.0446 e. The second-order valence-corrected chi connectivity index (χ2v) is 6.10. The lowest BCUT2D eigenvalue weighted by molar-refractivity contribution is 0.0568. The van der Waals surface area contributed by atoms with Gasteiger partial charge < -0.3 is 5.11 Å². The van der Waals surface area contributed by atoms with Gasteiger partial charge in [0.2, 0.25) is 0 Å². The summed E-state index contributed by atoms with van der Waals surface area (Å²) in [7, 11) is 0. The molecule has 0 aliphatic carbocycles. The Morgan fingerprint density at radius 1 is 1.33 bits per heavy atom. The van der Waals surface area contributed by atoms with E-state index < -0.39 is 0 Å². The van der Waals surface area contributed by atoms with E-state index in [2.05, 4.69) is 43.6 Å². The normalized spacial score (nSPS) is 22.4. The van der Waals surface area contributed by atoms with Crippen molar-refractivity contribution in [3.05, 3.63) is 11.6 Å². The number of rotatable bonds is 6. The van der Waals surface area contributed by atoms with Gasteiger partial charge in [0.05, 0.1) is 0 Å². The summed E-state index contributed by atoms with van der Waals surface area (Å²) in [5.41, 5.74) is 1.39. The van der Waals surface area contributed by atoms with Crippen molar-refractivity contribution in [1.82, 2.24) is 9.80 Å². The van der Waals surface area contributed by atoms with Crippen molar-refractivity contribution < 1.29 is 5.11 Å². The predicted octanol–water partition coefficient (Wildman–Crippen LogP) is 1.98. The molecule has 1 aliphatic heterocycles. The van der Waals surface area contributed by atoms with Gasteiger partial charge in [-0.15, -0.1) is 0 Å². The molecule has 0 radical (unpaired) electrons. The van der Waals surface area contributed by atoms with Crippen molar-refractivity contribution >= 4 is 0 Å². The van der Waals surface area contributed by atoms with Gasteiger partial charge in [-0.2, -0.15) is 0 Å². The van der Waals surface area contributed by atoms with Gasteiger partial charge in [-0.25, -0.2) is 0 Å². The summed E-state index contributed by atoms with van der Waals surface area (Å²) >= 11 is 0. The zero-order valence-electron chi connectivity index (χ0n) is 12.5. The third-order valence-corrected chi connectivity index (χ3v) is 3.51. The monoisotopic (exact) mass is 254 g/mol. The van der Waals surface area contributed by atoms with Crippen LogP contribution in [0, 0.1) is 5.92 Å². The van der Waals surface area contributed by atoms with E-state index in [1.807, 2.05) is 0 Å². The van der Waals surface area contributed by atoms with E-state index in [-0.39, 0.29) is 0 Å². The number of aliphatic hydroxyl groups is 1. The van der Waals surface area contributed by atoms with Crippen LogP contribution in [-0.2, 0) is 0 Å². The van der Waals surface area contributed by atoms with Crippen molar-refractivity contribution in [3.63, 3.8) is 0 Å². The highest BCUT2D eigenvalue weighted by molar-refractivity contribution is 4.96. The minimum atomic E-state index is 0.301. The molecular formula is C15H30N2O. The molecule has 1 aliphatic rings. The van der Waals surface area contributed by atoms with E-state index in [0.717, 1.165) is 39.1 Å². The van der Waals surface area contributed by atoms with Crippen LogP contribution in [-0.4, -0.2) is 60.3 Å². The van der Waals surface area contributed by atoms with Gasteiger partial charge in [0.15, 0.2) is 0 Å². The Morgan fingerprint density at radius 3 is 2.61 bits per heavy atom. The minimum absolute atomic E-state index is 0.301. The van der Waals surface area contributed by atoms with Crippen molar-refractivity contribution in [3.8, 4) is 0 Å². The maximum atomic E-state index is 9.22. The van der Waals surface area contributed by atoms with Crippen LogP contribution in [0.2, 0.25) is 0 Å². The molecule has 3 heteroatoms. The molecule has 0 aromatic carbocycles. The van der Waals surface area contributed by atoms with Gasteiger partial charge in [-0.05, 0) is 26.2 Å². The van der Waals surface area contributed by atoms with Crippen LogP contribution in [0.3, 0.4) is 0 Å². The van der Waals surface area contributed by atoms with E-state index in [0.29, 0.717) is 18.6 Å². The molecule has 0 aromatic heterocycles. The van der Waals surface area contributed by atoms with Gasteiger partial charge in [0.25, 0.3) is 0 Å². The Morgan fingerprint density at radius 2 is 2.06 bits per heavy atom. The molecule has 1 rings (SSSR count). The van der Waals surface area contributed by atoms with Crippen molar-refractivity contribution in [2.75, 3.05) is 39.3 Å². The Bertz CT molecular complexity index is 259. The van der Waals surface area contributed by atoms with Crippen LogP contribution >= 0.6 is 0 Å². The molecule has 0 saturated carbocycles. The van der Waals surface area contributed by atoms with E-state index in [4.69, 9.17) is 0 Å². The van der Waals surface area contributed by atoms with Gasteiger partial charge in [-0.3, -0.25) is 9.80 Å². The lowest BCUT2D eigenvalue weighted by Crippen LogP contribution is -2.54. The van der Waals surface area contributed by atoms with Crippen LogP contribution < -0.4 is 0 Å². The Kier molecular flexibility index (Phi) is 6.90. The highest BCUT2D eigenvalue weighted by atomic mass is 16.3. The number of hydrogen-bond donors (Lipinski definition) is 1. The molecule has 1 unspecified atom stereocenters. The standard InChI is InChI=1S/C15H30N2O/c1-13(2)5-7-16-8-9-17(11-14(3)4)15(12-16)6-10-18/h5,14-15,18H,6-12H2,1-4H3. The summed E-state index contributed by atoms with van der Waals surface area (Å²) in [4.78, 5) is 5.06. The summed E-state index contributed by atoms with van der Waals surface area (Å²) in [5, 5.41) is 9.22. The van der Waals surface area contributed by atoms with Gasteiger partial charge in [0.1, 0.15) is 0 Å². The molecule has 106 valence electrons. The third-order valence-electron chi connectivity index (χ3n) is 3.51. The van der Waals surface area contributed by atoms with E-state index >= 15 is 0 Å². The predicted molar refractivity (Wildman–Crippen MR) is 77.8 cm³/mol. The Hall–Kier alpha value is -0.380. The molecule has 0 spiro atoms. The molecule has 18 heavy (non-hydrogen) atoms. The SMILES string of the molecule is CC(C)=CCN1CCN(CC(C)C)C(CCO)C1. The first-order chi connectivity index (χ1) is 8.52. The first-order valence-corrected chi connectivity index (χ1v) is 7.23. The van der Waals surface area contributed by atoms with Crippen LogP contribution in [0.25, 0.3) is 0 Å². The summed E-state index contributed by atoms with van der Waals surface area (Å²) in [6.45, 7) is 14.7. The summed E-state index contributed by atoms with van der Waals surface area (Å²) in [5.74, 6) is 0.704. The van der Waals surface area contributed by atoms with E-state index in [1.54, 1.807) is 0 Å². The van der Waals surface area contributed by atoms with Crippen LogP contribution in [0.15, 0.2) is 11.6 Å². The number of nitrogens with zero attached hydrogens (tertiary/aromatic N) is 2. The molecule has 1 saturated heterocycles. The van der Waals surface area contributed by atoms with Gasteiger partial charge >= 0.3 is 0 Å². The fourth-order valence-corrected chi connectivity index (χ4v) is 2.57. The highest BCUT2D eigenvalue weighted by Gasteiger charge is 2.26. The average molecular weight is 254 g/mol. The second-order valence-electron chi connectivity index (χ2n) is 6.10. The van der Waals surface area contributed by atoms with Crippen LogP contribution in [0.1, 0.15) is 34.1 Å². The lowest BCUT2D eigenvalue weighted by Gasteiger charge is -2.42. The molecule has 1 heterocycles. The average Bonchev–Trinajstić information content (AvgIpc) is 2.29. The van der Waals surface area contributed by atoms with Crippen LogP contribution in [0.4, 0.5) is 0 Å².